The smallest absolute Gasteiger partial charge is 0.134 e. The van der Waals surface area contributed by atoms with Crippen LogP contribution in [0.15, 0.2) is 30.5 Å². The van der Waals surface area contributed by atoms with Crippen LogP contribution < -0.4 is 9.47 Å². The maximum atomic E-state index is 9.66. The normalized spacial score (nSPS) is 21.1. The topological polar surface area (TPSA) is 78.6 Å². The van der Waals surface area contributed by atoms with Crippen LogP contribution in [0, 0.1) is 0 Å². The van der Waals surface area contributed by atoms with Crippen LogP contribution in [0.2, 0.25) is 0 Å². The second-order valence-corrected chi connectivity index (χ2v) is 5.57. The molecule has 1 aromatic carbocycles. The average Bonchev–Trinajstić information content (AvgIpc) is 3.00. The van der Waals surface area contributed by atoms with E-state index in [1.165, 1.54) is 0 Å². The molecule has 1 N–H and O–H groups in total. The van der Waals surface area contributed by atoms with Crippen molar-refractivity contribution in [3.8, 4) is 11.5 Å². The van der Waals surface area contributed by atoms with Crippen LogP contribution in [0.3, 0.4) is 0 Å². The van der Waals surface area contributed by atoms with Crippen molar-refractivity contribution in [3.63, 3.8) is 0 Å². The summed E-state index contributed by atoms with van der Waals surface area (Å²) in [5.41, 5.74) is 0.740. The van der Waals surface area contributed by atoms with Crippen LogP contribution in [-0.4, -0.2) is 46.0 Å². The fourth-order valence-corrected chi connectivity index (χ4v) is 2.54. The van der Waals surface area contributed by atoms with Crippen LogP contribution >= 0.6 is 0 Å². The average molecular weight is 319 g/mol. The number of methoxy groups -OCH3 is 1. The Morgan fingerprint density at radius 2 is 2.26 bits per heavy atom. The molecule has 1 saturated heterocycles. The second kappa shape index (κ2) is 7.43. The molecule has 7 heteroatoms. The van der Waals surface area contributed by atoms with Gasteiger partial charge < -0.3 is 19.3 Å². The van der Waals surface area contributed by atoms with Crippen molar-refractivity contribution >= 4 is 0 Å². The van der Waals surface area contributed by atoms with Gasteiger partial charge in [-0.3, -0.25) is 0 Å². The third-order valence-electron chi connectivity index (χ3n) is 3.74. The van der Waals surface area contributed by atoms with Crippen LogP contribution in [0.1, 0.15) is 18.5 Å². The first kappa shape index (κ1) is 15.8. The Morgan fingerprint density at radius 3 is 3.09 bits per heavy atom. The van der Waals surface area contributed by atoms with Gasteiger partial charge in [0.25, 0.3) is 0 Å². The van der Waals surface area contributed by atoms with Crippen molar-refractivity contribution in [2.24, 2.45) is 0 Å². The van der Waals surface area contributed by atoms with Gasteiger partial charge in [-0.05, 0) is 18.6 Å². The predicted octanol–water partition coefficient (Wildman–Crippen LogP) is 1.41. The van der Waals surface area contributed by atoms with E-state index in [1.807, 2.05) is 30.5 Å². The number of aliphatic hydroxyl groups is 1. The van der Waals surface area contributed by atoms with E-state index in [0.717, 1.165) is 17.2 Å². The number of aromatic nitrogens is 3. The van der Waals surface area contributed by atoms with Crippen molar-refractivity contribution in [2.45, 2.75) is 38.2 Å². The summed E-state index contributed by atoms with van der Waals surface area (Å²) in [7, 11) is 1.62. The molecule has 3 rings (SSSR count). The molecule has 7 nitrogen and oxygen atoms in total. The molecule has 2 heterocycles. The van der Waals surface area contributed by atoms with E-state index in [4.69, 9.17) is 14.2 Å². The summed E-state index contributed by atoms with van der Waals surface area (Å²) < 4.78 is 18.2. The molecule has 0 spiro atoms. The quantitative estimate of drug-likeness (QED) is 0.867. The van der Waals surface area contributed by atoms with E-state index >= 15 is 0 Å². The highest BCUT2D eigenvalue weighted by molar-refractivity contribution is 5.32. The summed E-state index contributed by atoms with van der Waals surface area (Å²) in [5.74, 6) is 1.47. The first-order valence-corrected chi connectivity index (χ1v) is 7.68. The molecule has 1 fully saturated rings. The number of aliphatic hydroxyl groups excluding tert-OH is 1. The molecular formula is C16H21N3O4. The first-order valence-electron chi connectivity index (χ1n) is 7.68. The highest BCUT2D eigenvalue weighted by Crippen LogP contribution is 2.20. The Bertz CT molecular complexity index is 631. The van der Waals surface area contributed by atoms with Gasteiger partial charge in [-0.1, -0.05) is 11.3 Å². The lowest BCUT2D eigenvalue weighted by molar-refractivity contribution is -0.0512. The monoisotopic (exact) mass is 319 g/mol. The van der Waals surface area contributed by atoms with Gasteiger partial charge in [0.05, 0.1) is 32.1 Å². The second-order valence-electron chi connectivity index (χ2n) is 5.57. The van der Waals surface area contributed by atoms with Gasteiger partial charge in [-0.25, -0.2) is 4.68 Å². The molecule has 0 amide bonds. The minimum atomic E-state index is -0.284. The maximum absolute atomic E-state index is 9.66. The maximum Gasteiger partial charge on any atom is 0.134 e. The summed E-state index contributed by atoms with van der Waals surface area (Å²) in [6.45, 7) is 1.51. The van der Waals surface area contributed by atoms with E-state index in [9.17, 15) is 5.11 Å². The van der Waals surface area contributed by atoms with Gasteiger partial charge in [0.1, 0.15) is 23.8 Å². The minimum Gasteiger partial charge on any atom is -0.497 e. The fraction of sp³-hybridized carbons (Fsp3) is 0.500. The lowest BCUT2D eigenvalue weighted by Crippen LogP contribution is -2.32. The van der Waals surface area contributed by atoms with Crippen LogP contribution in [0.4, 0.5) is 0 Å². The Hall–Kier alpha value is -2.12. The lowest BCUT2D eigenvalue weighted by atomic mass is 10.1. The highest BCUT2D eigenvalue weighted by Gasteiger charge is 2.21. The number of ether oxygens (including phenoxy) is 3. The fourth-order valence-electron chi connectivity index (χ4n) is 2.54. The van der Waals surface area contributed by atoms with Gasteiger partial charge in [-0.2, -0.15) is 0 Å². The van der Waals surface area contributed by atoms with Crippen molar-refractivity contribution in [2.75, 3.05) is 13.7 Å². The van der Waals surface area contributed by atoms with Crippen LogP contribution in [-0.2, 0) is 17.9 Å². The van der Waals surface area contributed by atoms with E-state index in [0.29, 0.717) is 32.6 Å². The number of benzene rings is 1. The van der Waals surface area contributed by atoms with Crippen LogP contribution in [0.5, 0.6) is 11.5 Å². The van der Waals surface area contributed by atoms with E-state index in [2.05, 4.69) is 10.3 Å². The minimum absolute atomic E-state index is 0.0207. The molecule has 0 radical (unpaired) electrons. The molecule has 1 aromatic heterocycles. The molecule has 0 aliphatic carbocycles. The summed E-state index contributed by atoms with van der Waals surface area (Å²) in [5, 5.41) is 17.8. The zero-order valence-electron chi connectivity index (χ0n) is 13.1. The number of hydrogen-bond acceptors (Lipinski definition) is 6. The standard InChI is InChI=1S/C16H21N3O4/c1-21-14-3-2-4-15(8-14)23-11-12-9-19(18-17-12)10-16-7-13(20)5-6-22-16/h2-4,8-9,13,16,20H,5-7,10-11H2,1H3. The number of rotatable bonds is 6. The van der Waals surface area contributed by atoms with E-state index in [-0.39, 0.29) is 12.2 Å². The highest BCUT2D eigenvalue weighted by atomic mass is 16.5. The molecule has 124 valence electrons. The SMILES string of the molecule is COc1cccc(OCc2cn(CC3CC(O)CCO3)nn2)c1. The zero-order chi connectivity index (χ0) is 16.1. The van der Waals surface area contributed by atoms with Crippen molar-refractivity contribution in [3.05, 3.63) is 36.2 Å². The summed E-state index contributed by atoms with van der Waals surface area (Å²) in [6, 6.07) is 7.42. The van der Waals surface area contributed by atoms with E-state index < -0.39 is 0 Å². The van der Waals surface area contributed by atoms with Gasteiger partial charge in [-0.15, -0.1) is 5.10 Å². The Labute approximate surface area is 134 Å². The van der Waals surface area contributed by atoms with Crippen molar-refractivity contribution in [1.29, 1.82) is 0 Å². The van der Waals surface area contributed by atoms with Crippen molar-refractivity contribution in [1.82, 2.24) is 15.0 Å². The third-order valence-corrected chi connectivity index (χ3v) is 3.74. The Kier molecular flexibility index (Phi) is 5.09. The number of hydrogen-bond donors (Lipinski definition) is 1. The van der Waals surface area contributed by atoms with E-state index in [1.54, 1.807) is 11.8 Å². The molecule has 0 bridgehead atoms. The Balaban J connectivity index is 1.52. The first-order chi connectivity index (χ1) is 11.2. The van der Waals surface area contributed by atoms with Gasteiger partial charge >= 0.3 is 0 Å². The largest absolute Gasteiger partial charge is 0.497 e. The Morgan fingerprint density at radius 1 is 1.39 bits per heavy atom. The summed E-state index contributed by atoms with van der Waals surface area (Å²) >= 11 is 0. The van der Waals surface area contributed by atoms with Gasteiger partial charge in [0, 0.05) is 19.1 Å². The lowest BCUT2D eigenvalue weighted by Gasteiger charge is -2.26. The zero-order valence-corrected chi connectivity index (χ0v) is 13.1. The van der Waals surface area contributed by atoms with Gasteiger partial charge in [0.15, 0.2) is 0 Å². The molecule has 2 unspecified atom stereocenters. The molecule has 2 atom stereocenters. The predicted molar refractivity (Wildman–Crippen MR) is 82.3 cm³/mol. The van der Waals surface area contributed by atoms with Crippen molar-refractivity contribution < 1.29 is 19.3 Å². The molecule has 0 saturated carbocycles. The molecule has 23 heavy (non-hydrogen) atoms. The molecular weight excluding hydrogens is 298 g/mol. The molecule has 2 aromatic rings. The third kappa shape index (κ3) is 4.43. The number of nitrogens with zero attached hydrogens (tertiary/aromatic N) is 3. The molecule has 1 aliphatic rings. The summed E-state index contributed by atoms with van der Waals surface area (Å²) in [6.07, 6.45) is 2.87. The van der Waals surface area contributed by atoms with Crippen LogP contribution in [0.25, 0.3) is 0 Å². The molecule has 1 aliphatic heterocycles. The summed E-state index contributed by atoms with van der Waals surface area (Å²) in [4.78, 5) is 0. The van der Waals surface area contributed by atoms with Gasteiger partial charge in [0.2, 0.25) is 0 Å².